The highest BCUT2D eigenvalue weighted by Crippen LogP contribution is 2.11. The van der Waals surface area contributed by atoms with Gasteiger partial charge in [-0.15, -0.1) is 24.0 Å². The number of hydrogen-bond acceptors (Lipinski definition) is 4. The number of ether oxygens (including phenoxy) is 2. The molecule has 1 amide bonds. The van der Waals surface area contributed by atoms with Gasteiger partial charge in [-0.05, 0) is 37.5 Å². The number of anilines is 1. The minimum Gasteiger partial charge on any atom is -0.379 e. The molecule has 1 aromatic rings. The van der Waals surface area contributed by atoms with Gasteiger partial charge in [0.1, 0.15) is 0 Å². The molecule has 0 fully saturated rings. The number of aliphatic imine (C=N–C) groups is 1. The summed E-state index contributed by atoms with van der Waals surface area (Å²) in [6.07, 6.45) is 3.63. The molecule has 0 radical (unpaired) electrons. The van der Waals surface area contributed by atoms with E-state index in [-0.39, 0.29) is 29.9 Å². The molecule has 0 aliphatic rings. The van der Waals surface area contributed by atoms with Crippen molar-refractivity contribution < 1.29 is 14.3 Å². The van der Waals surface area contributed by atoms with Crippen LogP contribution in [0.15, 0.2) is 29.3 Å². The van der Waals surface area contributed by atoms with Gasteiger partial charge in [-0.2, -0.15) is 0 Å². The van der Waals surface area contributed by atoms with Gasteiger partial charge < -0.3 is 25.4 Å². The number of hydrogen-bond donors (Lipinski definition) is 3. The number of rotatable bonds is 15. The highest BCUT2D eigenvalue weighted by molar-refractivity contribution is 14.0. The normalized spacial score (nSPS) is 11.0. The largest absolute Gasteiger partial charge is 0.379 e. The van der Waals surface area contributed by atoms with Crippen LogP contribution in [0, 0.1) is 0 Å². The lowest BCUT2D eigenvalue weighted by Crippen LogP contribution is -2.39. The van der Waals surface area contributed by atoms with E-state index in [1.54, 1.807) is 0 Å². The van der Waals surface area contributed by atoms with Crippen LogP contribution >= 0.6 is 24.0 Å². The SMILES string of the molecule is CCCCOCCOCCNC(=NCc1ccc(NC(=O)CCC)cc1)NCC.I. The van der Waals surface area contributed by atoms with Gasteiger partial charge in [0, 0.05) is 31.8 Å². The highest BCUT2D eigenvalue weighted by Gasteiger charge is 2.01. The molecule has 172 valence electrons. The molecular weight excluding hydrogens is 495 g/mol. The summed E-state index contributed by atoms with van der Waals surface area (Å²) in [6, 6.07) is 7.79. The van der Waals surface area contributed by atoms with Gasteiger partial charge in [0.25, 0.3) is 0 Å². The van der Waals surface area contributed by atoms with Crippen LogP contribution in [-0.4, -0.2) is 51.4 Å². The number of unbranched alkanes of at least 4 members (excludes halogenated alkanes) is 1. The number of benzene rings is 1. The second kappa shape index (κ2) is 19.6. The zero-order valence-corrected chi connectivity index (χ0v) is 21.0. The van der Waals surface area contributed by atoms with Gasteiger partial charge in [0.05, 0.1) is 26.4 Å². The van der Waals surface area contributed by atoms with Gasteiger partial charge in [0.15, 0.2) is 5.96 Å². The Morgan fingerprint density at radius 1 is 0.933 bits per heavy atom. The molecule has 7 nitrogen and oxygen atoms in total. The van der Waals surface area contributed by atoms with E-state index in [0.717, 1.165) is 49.6 Å². The van der Waals surface area contributed by atoms with E-state index in [2.05, 4.69) is 27.9 Å². The summed E-state index contributed by atoms with van der Waals surface area (Å²) in [6.45, 7) is 10.9. The molecule has 0 spiro atoms. The van der Waals surface area contributed by atoms with Crippen LogP contribution in [0.1, 0.15) is 52.0 Å². The van der Waals surface area contributed by atoms with E-state index in [9.17, 15) is 4.79 Å². The van der Waals surface area contributed by atoms with Crippen molar-refractivity contribution in [1.82, 2.24) is 10.6 Å². The van der Waals surface area contributed by atoms with Crippen molar-refractivity contribution in [3.05, 3.63) is 29.8 Å². The Kier molecular flexibility index (Phi) is 18.7. The molecule has 30 heavy (non-hydrogen) atoms. The first-order valence-electron chi connectivity index (χ1n) is 10.8. The molecule has 0 saturated carbocycles. The maximum absolute atomic E-state index is 11.6. The Balaban J connectivity index is 0.00000841. The van der Waals surface area contributed by atoms with Crippen LogP contribution in [0.25, 0.3) is 0 Å². The molecule has 0 atom stereocenters. The highest BCUT2D eigenvalue weighted by atomic mass is 127. The standard InChI is InChI=1S/C22H38N4O3.HI/c1-4-7-14-28-16-17-29-15-13-24-22(23-6-3)25-18-19-9-11-20(12-10-19)26-21(27)8-5-2;/h9-12H,4-8,13-18H2,1-3H3,(H,26,27)(H2,23,24,25);1H. The smallest absolute Gasteiger partial charge is 0.224 e. The summed E-state index contributed by atoms with van der Waals surface area (Å²) in [5, 5.41) is 9.39. The van der Waals surface area contributed by atoms with Gasteiger partial charge in [0.2, 0.25) is 5.91 Å². The Hall–Kier alpha value is -1.39. The lowest BCUT2D eigenvalue weighted by atomic mass is 10.2. The Bertz CT molecular complexity index is 582. The molecule has 1 rings (SSSR count). The third-order valence-corrected chi connectivity index (χ3v) is 4.03. The topological polar surface area (TPSA) is 84.0 Å². The lowest BCUT2D eigenvalue weighted by Gasteiger charge is -2.12. The molecule has 1 aromatic carbocycles. The van der Waals surface area contributed by atoms with Gasteiger partial charge in [-0.25, -0.2) is 4.99 Å². The van der Waals surface area contributed by atoms with Crippen LogP contribution < -0.4 is 16.0 Å². The maximum Gasteiger partial charge on any atom is 0.224 e. The molecule has 0 aliphatic heterocycles. The number of carbonyl (C=O) groups is 1. The Labute approximate surface area is 198 Å². The van der Waals surface area contributed by atoms with Gasteiger partial charge in [-0.1, -0.05) is 32.4 Å². The minimum atomic E-state index is 0. The first-order chi connectivity index (χ1) is 14.2. The van der Waals surface area contributed by atoms with Crippen molar-refractivity contribution in [3.8, 4) is 0 Å². The first-order valence-corrected chi connectivity index (χ1v) is 10.8. The summed E-state index contributed by atoms with van der Waals surface area (Å²) in [4.78, 5) is 16.2. The zero-order chi connectivity index (χ0) is 21.2. The van der Waals surface area contributed by atoms with Crippen molar-refractivity contribution in [2.24, 2.45) is 4.99 Å². The number of guanidine groups is 1. The van der Waals surface area contributed by atoms with Crippen LogP contribution in [0.4, 0.5) is 5.69 Å². The summed E-state index contributed by atoms with van der Waals surface area (Å²) >= 11 is 0. The molecule has 0 aliphatic carbocycles. The zero-order valence-electron chi connectivity index (χ0n) is 18.7. The summed E-state index contributed by atoms with van der Waals surface area (Å²) < 4.78 is 11.0. The molecule has 0 bridgehead atoms. The quantitative estimate of drug-likeness (QED) is 0.138. The minimum absolute atomic E-state index is 0. The van der Waals surface area contributed by atoms with E-state index >= 15 is 0 Å². The van der Waals surface area contributed by atoms with Gasteiger partial charge in [-0.3, -0.25) is 4.79 Å². The molecule has 0 unspecified atom stereocenters. The number of nitrogens with zero attached hydrogens (tertiary/aromatic N) is 1. The lowest BCUT2D eigenvalue weighted by molar-refractivity contribution is -0.116. The third-order valence-electron chi connectivity index (χ3n) is 4.03. The maximum atomic E-state index is 11.6. The second-order valence-electron chi connectivity index (χ2n) is 6.70. The Morgan fingerprint density at radius 2 is 1.63 bits per heavy atom. The van der Waals surface area contributed by atoms with Crippen LogP contribution in [-0.2, 0) is 20.8 Å². The fourth-order valence-electron chi connectivity index (χ4n) is 2.47. The number of carbonyl (C=O) groups excluding carboxylic acids is 1. The Morgan fingerprint density at radius 3 is 2.27 bits per heavy atom. The average molecular weight is 534 g/mol. The predicted octanol–water partition coefficient (Wildman–Crippen LogP) is 3.93. The van der Waals surface area contributed by atoms with E-state index in [1.807, 2.05) is 38.1 Å². The molecule has 8 heteroatoms. The fourth-order valence-corrected chi connectivity index (χ4v) is 2.47. The van der Waals surface area contributed by atoms with Crippen molar-refractivity contribution in [1.29, 1.82) is 0 Å². The van der Waals surface area contributed by atoms with Crippen LogP contribution in [0.2, 0.25) is 0 Å². The van der Waals surface area contributed by atoms with Crippen molar-refractivity contribution in [3.63, 3.8) is 0 Å². The van der Waals surface area contributed by atoms with E-state index < -0.39 is 0 Å². The molecule has 3 N–H and O–H groups in total. The monoisotopic (exact) mass is 534 g/mol. The van der Waals surface area contributed by atoms with Gasteiger partial charge >= 0.3 is 0 Å². The van der Waals surface area contributed by atoms with Crippen LogP contribution in [0.3, 0.4) is 0 Å². The molecule has 0 heterocycles. The van der Waals surface area contributed by atoms with E-state index in [0.29, 0.717) is 39.3 Å². The van der Waals surface area contributed by atoms with Crippen LogP contribution in [0.5, 0.6) is 0 Å². The first kappa shape index (κ1) is 28.6. The summed E-state index contributed by atoms with van der Waals surface area (Å²) in [5.41, 5.74) is 1.90. The fraction of sp³-hybridized carbons (Fsp3) is 0.636. The second-order valence-corrected chi connectivity index (χ2v) is 6.70. The number of nitrogens with one attached hydrogen (secondary N) is 3. The molecule has 0 aromatic heterocycles. The van der Waals surface area contributed by atoms with E-state index in [4.69, 9.17) is 9.47 Å². The van der Waals surface area contributed by atoms with Crippen molar-refractivity contribution >= 4 is 41.5 Å². The number of amides is 1. The van der Waals surface area contributed by atoms with E-state index in [1.165, 1.54) is 0 Å². The third kappa shape index (κ3) is 14.6. The summed E-state index contributed by atoms with van der Waals surface area (Å²) in [7, 11) is 0. The average Bonchev–Trinajstić information content (AvgIpc) is 2.72. The predicted molar refractivity (Wildman–Crippen MR) is 135 cm³/mol. The number of halogens is 1. The summed E-state index contributed by atoms with van der Waals surface area (Å²) in [5.74, 6) is 0.808. The van der Waals surface area contributed by atoms with Crippen molar-refractivity contribution in [2.45, 2.75) is 53.0 Å². The van der Waals surface area contributed by atoms with Crippen molar-refractivity contribution in [2.75, 3.05) is 44.8 Å². The molecule has 0 saturated heterocycles. The molecular formula is C22H39IN4O3.